The van der Waals surface area contributed by atoms with Crippen LogP contribution in [-0.2, 0) is 0 Å². The van der Waals surface area contributed by atoms with Crippen LogP contribution < -0.4 is 15.4 Å². The molecule has 0 aliphatic rings. The van der Waals surface area contributed by atoms with Crippen LogP contribution in [0, 0.1) is 0 Å². The van der Waals surface area contributed by atoms with Gasteiger partial charge in [0.1, 0.15) is 11.3 Å². The highest BCUT2D eigenvalue weighted by Gasteiger charge is 2.14. The first-order valence-corrected chi connectivity index (χ1v) is 12.5. The van der Waals surface area contributed by atoms with E-state index < -0.39 is 0 Å². The highest BCUT2D eigenvalue weighted by Crippen LogP contribution is 2.32. The first-order valence-electron chi connectivity index (χ1n) is 10.5. The van der Waals surface area contributed by atoms with Crippen molar-refractivity contribution in [3.8, 4) is 17.2 Å². The van der Waals surface area contributed by atoms with Gasteiger partial charge in [0.05, 0.1) is 11.6 Å². The number of nitrogens with zero attached hydrogens (tertiary/aromatic N) is 1. The van der Waals surface area contributed by atoms with Crippen molar-refractivity contribution in [2.24, 2.45) is 0 Å². The van der Waals surface area contributed by atoms with Crippen molar-refractivity contribution in [3.63, 3.8) is 0 Å². The Balaban J connectivity index is 1.33. The average Bonchev–Trinajstić information content (AvgIpc) is 3.27. The van der Waals surface area contributed by atoms with Crippen LogP contribution in [0.5, 0.6) is 5.75 Å². The molecule has 35 heavy (non-hydrogen) atoms. The van der Waals surface area contributed by atoms with Gasteiger partial charge in [0.15, 0.2) is 10.7 Å². The van der Waals surface area contributed by atoms with Gasteiger partial charge in [-0.1, -0.05) is 40.2 Å². The highest BCUT2D eigenvalue weighted by molar-refractivity contribution is 9.11. The molecule has 1 aromatic heterocycles. The topological polar surface area (TPSA) is 76.4 Å². The van der Waals surface area contributed by atoms with E-state index in [-0.39, 0.29) is 11.0 Å². The molecule has 0 unspecified atom stereocenters. The molecule has 5 aromatic rings. The first kappa shape index (κ1) is 23.5. The summed E-state index contributed by atoms with van der Waals surface area (Å²) in [5.74, 6) is 0.919. The average molecular weight is 611 g/mol. The molecule has 9 heteroatoms. The Kier molecular flexibility index (Phi) is 6.55. The maximum atomic E-state index is 12.9. The van der Waals surface area contributed by atoms with E-state index >= 15 is 0 Å². The van der Waals surface area contributed by atoms with Gasteiger partial charge in [-0.3, -0.25) is 10.1 Å². The van der Waals surface area contributed by atoms with Gasteiger partial charge in [-0.05, 0) is 87.5 Å². The Hall–Kier alpha value is -3.27. The van der Waals surface area contributed by atoms with Crippen LogP contribution in [0.25, 0.3) is 33.3 Å². The van der Waals surface area contributed by atoms with Gasteiger partial charge in [-0.25, -0.2) is 4.98 Å². The zero-order valence-electron chi connectivity index (χ0n) is 18.3. The van der Waals surface area contributed by atoms with Crippen LogP contribution in [0.1, 0.15) is 10.4 Å². The lowest BCUT2D eigenvalue weighted by atomic mass is 10.0. The number of carbonyl (C=O) groups is 1. The van der Waals surface area contributed by atoms with E-state index in [0.29, 0.717) is 28.2 Å². The number of amides is 1. The third-order valence-corrected chi connectivity index (χ3v) is 6.90. The molecule has 5 rings (SSSR count). The minimum absolute atomic E-state index is 0.184. The summed E-state index contributed by atoms with van der Waals surface area (Å²) >= 11 is 12.4. The predicted molar refractivity (Wildman–Crippen MR) is 149 cm³/mol. The summed E-state index contributed by atoms with van der Waals surface area (Å²) in [6.45, 7) is 0. The van der Waals surface area contributed by atoms with Crippen molar-refractivity contribution in [2.75, 3.05) is 12.4 Å². The van der Waals surface area contributed by atoms with Crippen molar-refractivity contribution in [1.29, 1.82) is 0 Å². The molecule has 1 heterocycles. The van der Waals surface area contributed by atoms with E-state index in [4.69, 9.17) is 21.4 Å². The van der Waals surface area contributed by atoms with Crippen LogP contribution in [0.4, 0.5) is 5.69 Å². The molecular formula is C26H17Br2N3O3S. The second-order valence-electron chi connectivity index (χ2n) is 7.60. The quantitative estimate of drug-likeness (QED) is 0.208. The number of fused-ring (bicyclic) bond motifs is 2. The lowest BCUT2D eigenvalue weighted by Gasteiger charge is -2.11. The predicted octanol–water partition coefficient (Wildman–Crippen LogP) is 7.31. The van der Waals surface area contributed by atoms with Gasteiger partial charge in [0, 0.05) is 21.3 Å². The molecule has 4 aromatic carbocycles. The van der Waals surface area contributed by atoms with Gasteiger partial charge in [0.25, 0.3) is 5.91 Å². The minimum Gasteiger partial charge on any atom is -0.496 e. The Bertz CT molecular complexity index is 1620. The summed E-state index contributed by atoms with van der Waals surface area (Å²) in [6.07, 6.45) is 0. The van der Waals surface area contributed by atoms with Crippen LogP contribution in [0.2, 0.25) is 0 Å². The van der Waals surface area contributed by atoms with Crippen molar-refractivity contribution in [3.05, 3.63) is 87.3 Å². The maximum Gasteiger partial charge on any atom is 0.258 e. The lowest BCUT2D eigenvalue weighted by Crippen LogP contribution is -2.34. The maximum absolute atomic E-state index is 12.9. The number of hydrogen-bond donors (Lipinski definition) is 2. The smallest absolute Gasteiger partial charge is 0.258 e. The van der Waals surface area contributed by atoms with Crippen molar-refractivity contribution in [1.82, 2.24) is 10.3 Å². The number of carbonyl (C=O) groups excluding carboxylic acids is 1. The molecule has 0 saturated carbocycles. The van der Waals surface area contributed by atoms with Crippen molar-refractivity contribution in [2.45, 2.75) is 0 Å². The Morgan fingerprint density at radius 3 is 2.57 bits per heavy atom. The van der Waals surface area contributed by atoms with Crippen LogP contribution in [0.3, 0.4) is 0 Å². The summed E-state index contributed by atoms with van der Waals surface area (Å²) in [4.78, 5) is 17.5. The van der Waals surface area contributed by atoms with Crippen LogP contribution >= 0.6 is 44.1 Å². The molecule has 174 valence electrons. The molecule has 0 aliphatic heterocycles. The molecule has 0 radical (unpaired) electrons. The number of halogens is 2. The Morgan fingerprint density at radius 1 is 0.971 bits per heavy atom. The number of aromatic nitrogens is 1. The number of thiocarbonyl (C=S) groups is 1. The molecule has 2 N–H and O–H groups in total. The lowest BCUT2D eigenvalue weighted by molar-refractivity contribution is 0.0979. The number of benzene rings is 4. The van der Waals surface area contributed by atoms with Crippen LogP contribution in [-0.4, -0.2) is 23.1 Å². The van der Waals surface area contributed by atoms with E-state index in [1.807, 2.05) is 60.7 Å². The number of rotatable bonds is 4. The van der Waals surface area contributed by atoms with E-state index in [1.54, 1.807) is 19.2 Å². The first-order chi connectivity index (χ1) is 16.9. The number of oxazole rings is 1. The summed E-state index contributed by atoms with van der Waals surface area (Å²) in [6, 6.07) is 22.4. The van der Waals surface area contributed by atoms with Gasteiger partial charge < -0.3 is 14.5 Å². The standard InChI is InChI=1S/C26H17Br2N3O3S/c1-33-22-10-8-14(12-20(22)28)25-30-21-13-15(9-11-23(21)34-25)29-26(35)31-24(32)18-6-2-5-17-16(18)4-3-7-19(17)27/h2-13H,1H3,(H2,29,31,32,35). The second kappa shape index (κ2) is 9.77. The van der Waals surface area contributed by atoms with Crippen molar-refractivity contribution < 1.29 is 13.9 Å². The molecule has 1 amide bonds. The summed E-state index contributed by atoms with van der Waals surface area (Å²) < 4.78 is 12.9. The molecular weight excluding hydrogens is 594 g/mol. The molecule has 0 saturated heterocycles. The molecule has 0 aliphatic carbocycles. The molecule has 0 fully saturated rings. The fourth-order valence-electron chi connectivity index (χ4n) is 3.73. The molecule has 6 nitrogen and oxygen atoms in total. The summed E-state index contributed by atoms with van der Waals surface area (Å²) in [7, 11) is 1.61. The zero-order chi connectivity index (χ0) is 24.5. The second-order valence-corrected chi connectivity index (χ2v) is 9.72. The zero-order valence-corrected chi connectivity index (χ0v) is 22.3. The molecule has 0 bridgehead atoms. The summed E-state index contributed by atoms with van der Waals surface area (Å²) in [5, 5.41) is 7.78. The van der Waals surface area contributed by atoms with Crippen molar-refractivity contribution >= 4 is 82.7 Å². The minimum atomic E-state index is -0.291. The Labute approximate surface area is 222 Å². The largest absolute Gasteiger partial charge is 0.496 e. The Morgan fingerprint density at radius 2 is 1.77 bits per heavy atom. The normalized spacial score (nSPS) is 10.9. The van der Waals surface area contributed by atoms with E-state index in [0.717, 1.165) is 31.0 Å². The van der Waals surface area contributed by atoms with Gasteiger partial charge in [0.2, 0.25) is 5.89 Å². The third kappa shape index (κ3) is 4.80. The van der Waals surface area contributed by atoms with E-state index in [9.17, 15) is 4.79 Å². The monoisotopic (exact) mass is 609 g/mol. The third-order valence-electron chi connectivity index (χ3n) is 5.38. The number of methoxy groups -OCH3 is 1. The van der Waals surface area contributed by atoms with Gasteiger partial charge >= 0.3 is 0 Å². The van der Waals surface area contributed by atoms with Gasteiger partial charge in [-0.2, -0.15) is 0 Å². The van der Waals surface area contributed by atoms with E-state index in [2.05, 4.69) is 47.5 Å². The SMILES string of the molecule is COc1ccc(-c2nc3cc(NC(=S)NC(=O)c4cccc5c(Br)cccc45)ccc3o2)cc1Br. The fraction of sp³-hybridized carbons (Fsp3) is 0.0385. The van der Waals surface area contributed by atoms with Gasteiger partial charge in [-0.15, -0.1) is 0 Å². The fourth-order valence-corrected chi connectivity index (χ4v) is 4.98. The molecule has 0 spiro atoms. The number of ether oxygens (including phenoxy) is 1. The highest BCUT2D eigenvalue weighted by atomic mass is 79.9. The molecule has 0 atom stereocenters. The van der Waals surface area contributed by atoms with E-state index in [1.165, 1.54) is 0 Å². The summed E-state index contributed by atoms with van der Waals surface area (Å²) in [5.41, 5.74) is 3.32. The number of nitrogens with one attached hydrogen (secondary N) is 2. The van der Waals surface area contributed by atoms with Crippen LogP contribution in [0.15, 0.2) is 86.2 Å². The number of anilines is 1. The number of hydrogen-bond acceptors (Lipinski definition) is 5.